The Morgan fingerprint density at radius 1 is 1.45 bits per heavy atom. The van der Waals surface area contributed by atoms with E-state index in [4.69, 9.17) is 0 Å². The van der Waals surface area contributed by atoms with Crippen molar-refractivity contribution in [2.75, 3.05) is 20.1 Å². The number of nitrogens with zero attached hydrogens (tertiary/aromatic N) is 2. The van der Waals surface area contributed by atoms with Crippen LogP contribution in [0.4, 0.5) is 5.69 Å². The van der Waals surface area contributed by atoms with E-state index < -0.39 is 20.6 Å². The molecule has 124 valence electrons. The summed E-state index contributed by atoms with van der Waals surface area (Å²) in [5.74, 6) is 0. The zero-order chi connectivity index (χ0) is 15.6. The fraction of sp³-hybridized carbons (Fsp3) is 0.500. The summed E-state index contributed by atoms with van der Waals surface area (Å²) in [6.07, 6.45) is 1.63. The molecule has 1 N–H and O–H groups in total. The minimum Gasteiger partial charge on any atom is -0.316 e. The Bertz CT molecular complexity index is 656. The van der Waals surface area contributed by atoms with Crippen LogP contribution in [-0.2, 0) is 10.0 Å². The average Bonchev–Trinajstić information content (AvgIpc) is 2.46. The maximum atomic E-state index is 12.7. The minimum atomic E-state index is -3.87. The normalized spacial score (nSPS) is 19.5. The number of sulfonamides is 1. The molecule has 1 aliphatic rings. The standard InChI is InChI=1S/C12H16BrN3O4S.ClH/c1-14-10-3-2-6-15(8-10)21(19,20)12-5-4-9(13)7-11(12)16(17)18;/h4-5,7,10,14H,2-3,6,8H2,1H3;1H. The highest BCUT2D eigenvalue weighted by Crippen LogP contribution is 2.30. The number of hydrogen-bond acceptors (Lipinski definition) is 5. The second kappa shape index (κ2) is 7.69. The second-order valence-corrected chi connectivity index (χ2v) is 7.68. The molecule has 1 aliphatic heterocycles. The largest absolute Gasteiger partial charge is 0.316 e. The van der Waals surface area contributed by atoms with Gasteiger partial charge in [0.25, 0.3) is 5.69 Å². The van der Waals surface area contributed by atoms with Gasteiger partial charge in [-0.25, -0.2) is 8.42 Å². The number of benzene rings is 1. The summed E-state index contributed by atoms with van der Waals surface area (Å²) in [6, 6.07) is 4.06. The van der Waals surface area contributed by atoms with Crippen molar-refractivity contribution in [3.63, 3.8) is 0 Å². The zero-order valence-corrected chi connectivity index (χ0v) is 15.1. The Morgan fingerprint density at radius 3 is 2.73 bits per heavy atom. The third-order valence-corrected chi connectivity index (χ3v) is 5.93. The summed E-state index contributed by atoms with van der Waals surface area (Å²) in [6.45, 7) is 0.708. The van der Waals surface area contributed by atoms with Crippen LogP contribution >= 0.6 is 28.3 Å². The van der Waals surface area contributed by atoms with Gasteiger partial charge < -0.3 is 5.32 Å². The Kier molecular flexibility index (Phi) is 6.75. The number of piperidine rings is 1. The summed E-state index contributed by atoms with van der Waals surface area (Å²) in [7, 11) is -2.09. The van der Waals surface area contributed by atoms with Crippen molar-refractivity contribution in [2.24, 2.45) is 0 Å². The highest BCUT2D eigenvalue weighted by Gasteiger charge is 2.34. The van der Waals surface area contributed by atoms with E-state index in [9.17, 15) is 18.5 Å². The lowest BCUT2D eigenvalue weighted by Gasteiger charge is -2.31. The van der Waals surface area contributed by atoms with Gasteiger partial charge in [0.1, 0.15) is 0 Å². The van der Waals surface area contributed by atoms with Crippen molar-refractivity contribution < 1.29 is 13.3 Å². The van der Waals surface area contributed by atoms with Crippen molar-refractivity contribution in [3.8, 4) is 0 Å². The predicted octanol–water partition coefficient (Wildman–Crippen LogP) is 2.15. The number of nitro groups is 1. The van der Waals surface area contributed by atoms with E-state index in [0.29, 0.717) is 17.6 Å². The first-order chi connectivity index (χ1) is 9.86. The van der Waals surface area contributed by atoms with Gasteiger partial charge in [0.05, 0.1) is 4.92 Å². The lowest BCUT2D eigenvalue weighted by molar-refractivity contribution is -0.387. The van der Waals surface area contributed by atoms with E-state index in [1.165, 1.54) is 22.5 Å². The molecule has 0 bridgehead atoms. The molecule has 1 fully saturated rings. The van der Waals surface area contributed by atoms with Crippen LogP contribution in [0, 0.1) is 10.1 Å². The number of rotatable bonds is 4. The van der Waals surface area contributed by atoms with Gasteiger partial charge in [-0.05, 0) is 32.0 Å². The van der Waals surface area contributed by atoms with Crippen LogP contribution in [0.3, 0.4) is 0 Å². The monoisotopic (exact) mass is 413 g/mol. The highest BCUT2D eigenvalue weighted by atomic mass is 79.9. The van der Waals surface area contributed by atoms with Crippen LogP contribution in [0.5, 0.6) is 0 Å². The molecule has 0 amide bonds. The van der Waals surface area contributed by atoms with Crippen molar-refractivity contribution in [1.29, 1.82) is 0 Å². The number of halogens is 2. The first kappa shape index (κ1) is 19.3. The molecule has 0 saturated carbocycles. The van der Waals surface area contributed by atoms with Crippen molar-refractivity contribution >= 4 is 44.0 Å². The highest BCUT2D eigenvalue weighted by molar-refractivity contribution is 9.10. The molecule has 0 radical (unpaired) electrons. The van der Waals surface area contributed by atoms with E-state index >= 15 is 0 Å². The Morgan fingerprint density at radius 2 is 2.14 bits per heavy atom. The number of nitro benzene ring substituents is 1. The molecule has 22 heavy (non-hydrogen) atoms. The smallest absolute Gasteiger partial charge is 0.290 e. The summed E-state index contributed by atoms with van der Waals surface area (Å²) < 4.78 is 27.1. The molecule has 10 heteroatoms. The SMILES string of the molecule is CNC1CCCN(S(=O)(=O)c2ccc(Br)cc2[N+](=O)[O-])C1.Cl. The number of nitrogens with one attached hydrogen (secondary N) is 1. The van der Waals surface area contributed by atoms with Gasteiger partial charge in [-0.2, -0.15) is 4.31 Å². The fourth-order valence-corrected chi connectivity index (χ4v) is 4.40. The zero-order valence-electron chi connectivity index (χ0n) is 11.9. The van der Waals surface area contributed by atoms with Crippen LogP contribution in [0.25, 0.3) is 0 Å². The van der Waals surface area contributed by atoms with E-state index in [0.717, 1.165) is 12.8 Å². The van der Waals surface area contributed by atoms with Gasteiger partial charge in [-0.3, -0.25) is 10.1 Å². The molecule has 1 heterocycles. The minimum absolute atomic E-state index is 0. The number of likely N-dealkylation sites (N-methyl/N-ethyl adjacent to an activating group) is 1. The molecule has 7 nitrogen and oxygen atoms in total. The van der Waals surface area contributed by atoms with Gasteiger partial charge in [0, 0.05) is 29.7 Å². The topological polar surface area (TPSA) is 92.6 Å². The van der Waals surface area contributed by atoms with Crippen molar-refractivity contribution in [2.45, 2.75) is 23.8 Å². The maximum absolute atomic E-state index is 12.7. The van der Waals surface area contributed by atoms with Crippen LogP contribution < -0.4 is 5.32 Å². The van der Waals surface area contributed by atoms with Gasteiger partial charge >= 0.3 is 0 Å². The molecule has 1 saturated heterocycles. The predicted molar refractivity (Wildman–Crippen MR) is 88.9 cm³/mol. The van der Waals surface area contributed by atoms with E-state index in [-0.39, 0.29) is 23.3 Å². The molecule has 0 spiro atoms. The molecule has 1 aromatic carbocycles. The average molecular weight is 415 g/mol. The summed E-state index contributed by atoms with van der Waals surface area (Å²) in [4.78, 5) is 10.2. The third kappa shape index (κ3) is 3.96. The third-order valence-electron chi connectivity index (χ3n) is 3.53. The molecule has 1 atom stereocenters. The van der Waals surface area contributed by atoms with Crippen molar-refractivity contribution in [3.05, 3.63) is 32.8 Å². The molecular weight excluding hydrogens is 398 g/mol. The van der Waals surface area contributed by atoms with Crippen LogP contribution in [-0.4, -0.2) is 43.8 Å². The van der Waals surface area contributed by atoms with Gasteiger partial charge in [0.15, 0.2) is 4.90 Å². The Hall–Kier alpha value is -0.740. The van der Waals surface area contributed by atoms with Crippen LogP contribution in [0.2, 0.25) is 0 Å². The van der Waals surface area contributed by atoms with Crippen molar-refractivity contribution in [1.82, 2.24) is 9.62 Å². The second-order valence-electron chi connectivity index (χ2n) is 4.86. The summed E-state index contributed by atoms with van der Waals surface area (Å²) in [5, 5.41) is 14.2. The number of hydrogen-bond donors (Lipinski definition) is 1. The fourth-order valence-electron chi connectivity index (χ4n) is 2.39. The summed E-state index contributed by atoms with van der Waals surface area (Å²) in [5.41, 5.74) is -0.407. The van der Waals surface area contributed by atoms with Gasteiger partial charge in [-0.15, -0.1) is 12.4 Å². The molecule has 0 aromatic heterocycles. The van der Waals surface area contributed by atoms with Crippen LogP contribution in [0.1, 0.15) is 12.8 Å². The lowest BCUT2D eigenvalue weighted by atomic mass is 10.1. The molecule has 0 aliphatic carbocycles. The molecule has 2 rings (SSSR count). The van der Waals surface area contributed by atoms with Gasteiger partial charge in [0.2, 0.25) is 10.0 Å². The first-order valence-corrected chi connectivity index (χ1v) is 8.71. The van der Waals surface area contributed by atoms with E-state index in [1.54, 1.807) is 7.05 Å². The quantitative estimate of drug-likeness (QED) is 0.602. The Balaban J connectivity index is 0.00000242. The summed E-state index contributed by atoms with van der Waals surface area (Å²) >= 11 is 3.13. The van der Waals surface area contributed by atoms with Gasteiger partial charge in [-0.1, -0.05) is 15.9 Å². The van der Waals surface area contributed by atoms with E-state index in [1.807, 2.05) is 0 Å². The lowest BCUT2D eigenvalue weighted by Crippen LogP contribution is -2.46. The maximum Gasteiger partial charge on any atom is 0.290 e. The van der Waals surface area contributed by atoms with Crippen LogP contribution in [0.15, 0.2) is 27.6 Å². The molecule has 1 aromatic rings. The molecule has 1 unspecified atom stereocenters. The van der Waals surface area contributed by atoms with E-state index in [2.05, 4.69) is 21.2 Å². The first-order valence-electron chi connectivity index (χ1n) is 6.47. The Labute approximate surface area is 143 Å². The molecular formula is C12H17BrClN3O4S.